The first-order valence-corrected chi connectivity index (χ1v) is 5.83. The van der Waals surface area contributed by atoms with Gasteiger partial charge in [-0.25, -0.2) is 0 Å². The molecule has 0 spiro atoms. The van der Waals surface area contributed by atoms with Crippen LogP contribution in [0.2, 0.25) is 0 Å². The smallest absolute Gasteiger partial charge is 0.235 e. The average Bonchev–Trinajstić information content (AvgIpc) is 2.30. The number of rotatable bonds is 2. The molecule has 3 nitrogen and oxygen atoms in total. The van der Waals surface area contributed by atoms with E-state index in [0.717, 1.165) is 23.3 Å². The third-order valence-electron chi connectivity index (χ3n) is 2.73. The number of aryl methyl sites for hydroxylation is 1. The molecule has 0 aromatic heterocycles. The van der Waals surface area contributed by atoms with Crippen LogP contribution in [0.3, 0.4) is 0 Å². The molecule has 16 heavy (non-hydrogen) atoms. The summed E-state index contributed by atoms with van der Waals surface area (Å²) >= 11 is 5.49. The Morgan fingerprint density at radius 2 is 2.44 bits per heavy atom. The highest BCUT2D eigenvalue weighted by Crippen LogP contribution is 2.34. The van der Waals surface area contributed by atoms with Crippen molar-refractivity contribution in [1.29, 1.82) is 0 Å². The zero-order chi connectivity index (χ0) is 11.5. The third-order valence-corrected chi connectivity index (χ3v) is 2.97. The Hall–Kier alpha value is -1.22. The monoisotopic (exact) mass is 239 g/mol. The van der Waals surface area contributed by atoms with Gasteiger partial charge < -0.3 is 10.1 Å². The Labute approximate surface area is 99.7 Å². The van der Waals surface area contributed by atoms with E-state index in [1.165, 1.54) is 0 Å². The van der Waals surface area contributed by atoms with Gasteiger partial charge in [0.15, 0.2) is 0 Å². The van der Waals surface area contributed by atoms with E-state index in [2.05, 4.69) is 5.32 Å². The summed E-state index contributed by atoms with van der Waals surface area (Å²) in [6.07, 6.45) is 0.791. The fourth-order valence-electron chi connectivity index (χ4n) is 1.96. The molecular formula is C12H14ClNO2. The van der Waals surface area contributed by atoms with Crippen LogP contribution in [0.25, 0.3) is 0 Å². The van der Waals surface area contributed by atoms with Crippen molar-refractivity contribution in [3.8, 4) is 5.75 Å². The van der Waals surface area contributed by atoms with Crippen molar-refractivity contribution < 1.29 is 9.53 Å². The number of para-hydroxylation sites is 1. The summed E-state index contributed by atoms with van der Waals surface area (Å²) in [7, 11) is 0. The maximum Gasteiger partial charge on any atom is 0.235 e. The number of carbonyl (C=O) groups is 1. The molecule has 0 aliphatic carbocycles. The lowest BCUT2D eigenvalue weighted by Crippen LogP contribution is -2.33. The second-order valence-electron chi connectivity index (χ2n) is 3.88. The molecule has 1 aromatic carbocycles. The van der Waals surface area contributed by atoms with E-state index in [9.17, 15) is 4.79 Å². The van der Waals surface area contributed by atoms with E-state index in [1.54, 1.807) is 0 Å². The standard InChI is InChI=1S/C12H14ClNO2/c1-8-3-2-4-9-10(14-11(15)7-13)5-6-16-12(8)9/h2-4,10H,5-7H2,1H3,(H,14,15)/t10-/m0/s1. The molecule has 1 N–H and O–H groups in total. The van der Waals surface area contributed by atoms with Crippen LogP contribution in [0, 0.1) is 6.92 Å². The highest BCUT2D eigenvalue weighted by molar-refractivity contribution is 6.27. The van der Waals surface area contributed by atoms with Crippen LogP contribution >= 0.6 is 11.6 Å². The van der Waals surface area contributed by atoms with Gasteiger partial charge in [-0.05, 0) is 12.5 Å². The fourth-order valence-corrected chi connectivity index (χ4v) is 2.04. The Kier molecular flexibility index (Phi) is 3.34. The third kappa shape index (κ3) is 2.14. The van der Waals surface area contributed by atoms with E-state index in [0.29, 0.717) is 6.61 Å². The Morgan fingerprint density at radius 1 is 1.62 bits per heavy atom. The maximum atomic E-state index is 11.3. The minimum Gasteiger partial charge on any atom is -0.493 e. The van der Waals surface area contributed by atoms with Crippen LogP contribution in [0.1, 0.15) is 23.6 Å². The van der Waals surface area contributed by atoms with Gasteiger partial charge in [-0.3, -0.25) is 4.79 Å². The number of alkyl halides is 1. The van der Waals surface area contributed by atoms with Crippen molar-refractivity contribution in [3.63, 3.8) is 0 Å². The number of benzene rings is 1. The topological polar surface area (TPSA) is 38.3 Å². The van der Waals surface area contributed by atoms with Crippen LogP contribution in [-0.2, 0) is 4.79 Å². The highest BCUT2D eigenvalue weighted by Gasteiger charge is 2.23. The summed E-state index contributed by atoms with van der Waals surface area (Å²) in [5.74, 6) is 0.757. The summed E-state index contributed by atoms with van der Waals surface area (Å²) < 4.78 is 5.62. The molecule has 0 saturated heterocycles. The molecule has 0 bridgehead atoms. The van der Waals surface area contributed by atoms with E-state index < -0.39 is 0 Å². The van der Waals surface area contributed by atoms with Crippen molar-refractivity contribution in [2.24, 2.45) is 0 Å². The molecule has 0 radical (unpaired) electrons. The second kappa shape index (κ2) is 4.74. The minimum atomic E-state index is -0.138. The molecule has 1 heterocycles. The lowest BCUT2D eigenvalue weighted by atomic mass is 9.98. The molecular weight excluding hydrogens is 226 g/mol. The van der Waals surface area contributed by atoms with E-state index in [1.807, 2.05) is 25.1 Å². The lowest BCUT2D eigenvalue weighted by molar-refractivity contribution is -0.119. The number of hydrogen-bond donors (Lipinski definition) is 1. The van der Waals surface area contributed by atoms with Crippen molar-refractivity contribution in [2.45, 2.75) is 19.4 Å². The Balaban J connectivity index is 2.26. The van der Waals surface area contributed by atoms with Gasteiger partial charge in [0.05, 0.1) is 12.6 Å². The van der Waals surface area contributed by atoms with E-state index in [4.69, 9.17) is 16.3 Å². The predicted molar refractivity (Wildman–Crippen MR) is 62.9 cm³/mol. The maximum absolute atomic E-state index is 11.3. The molecule has 1 aromatic rings. The zero-order valence-electron chi connectivity index (χ0n) is 9.13. The number of fused-ring (bicyclic) bond motifs is 1. The highest BCUT2D eigenvalue weighted by atomic mass is 35.5. The molecule has 0 unspecified atom stereocenters. The molecule has 0 saturated carbocycles. The molecule has 0 fully saturated rings. The van der Waals surface area contributed by atoms with Crippen LogP contribution in [0.15, 0.2) is 18.2 Å². The Morgan fingerprint density at radius 3 is 3.19 bits per heavy atom. The number of hydrogen-bond acceptors (Lipinski definition) is 2. The van der Waals surface area contributed by atoms with Crippen molar-refractivity contribution in [3.05, 3.63) is 29.3 Å². The lowest BCUT2D eigenvalue weighted by Gasteiger charge is -2.27. The van der Waals surface area contributed by atoms with Gasteiger partial charge >= 0.3 is 0 Å². The largest absolute Gasteiger partial charge is 0.493 e. The average molecular weight is 240 g/mol. The van der Waals surface area contributed by atoms with Crippen molar-refractivity contribution in [2.75, 3.05) is 12.5 Å². The first-order chi connectivity index (χ1) is 7.72. The van der Waals surface area contributed by atoms with E-state index in [-0.39, 0.29) is 17.8 Å². The van der Waals surface area contributed by atoms with Crippen molar-refractivity contribution in [1.82, 2.24) is 5.32 Å². The van der Waals surface area contributed by atoms with Crippen LogP contribution < -0.4 is 10.1 Å². The fraction of sp³-hybridized carbons (Fsp3) is 0.417. The molecule has 1 aliphatic heterocycles. The number of halogens is 1. The number of carbonyl (C=O) groups excluding carboxylic acids is 1. The molecule has 1 aliphatic rings. The van der Waals surface area contributed by atoms with Crippen LogP contribution in [-0.4, -0.2) is 18.4 Å². The first-order valence-electron chi connectivity index (χ1n) is 5.30. The van der Waals surface area contributed by atoms with Gasteiger partial charge in [0.25, 0.3) is 0 Å². The zero-order valence-corrected chi connectivity index (χ0v) is 9.88. The summed E-state index contributed by atoms with van der Waals surface area (Å²) in [6.45, 7) is 2.63. The number of amides is 1. The summed E-state index contributed by atoms with van der Waals surface area (Å²) in [4.78, 5) is 11.3. The predicted octanol–water partition coefficient (Wildman–Crippen LogP) is 2.17. The SMILES string of the molecule is Cc1cccc2c1OCC[C@@H]2NC(=O)CCl. The second-order valence-corrected chi connectivity index (χ2v) is 4.15. The van der Waals surface area contributed by atoms with Gasteiger partial charge in [0.2, 0.25) is 5.91 Å². The summed E-state index contributed by atoms with van der Waals surface area (Å²) in [6, 6.07) is 5.99. The molecule has 4 heteroatoms. The first kappa shape index (κ1) is 11.3. The molecule has 1 atom stereocenters. The molecule has 1 amide bonds. The van der Waals surface area contributed by atoms with Gasteiger partial charge in [-0.2, -0.15) is 0 Å². The van der Waals surface area contributed by atoms with Gasteiger partial charge in [0, 0.05) is 12.0 Å². The summed E-state index contributed by atoms with van der Waals surface area (Å²) in [5.41, 5.74) is 2.15. The quantitative estimate of drug-likeness (QED) is 0.804. The van der Waals surface area contributed by atoms with Crippen LogP contribution in [0.5, 0.6) is 5.75 Å². The molecule has 86 valence electrons. The summed E-state index contributed by atoms with van der Waals surface area (Å²) in [5, 5.41) is 2.90. The number of ether oxygens (including phenoxy) is 1. The van der Waals surface area contributed by atoms with Gasteiger partial charge in [-0.1, -0.05) is 18.2 Å². The van der Waals surface area contributed by atoms with Gasteiger partial charge in [-0.15, -0.1) is 11.6 Å². The molecule has 2 rings (SSSR count). The van der Waals surface area contributed by atoms with E-state index >= 15 is 0 Å². The Bertz CT molecular complexity index is 406. The van der Waals surface area contributed by atoms with Crippen LogP contribution in [0.4, 0.5) is 0 Å². The number of nitrogens with one attached hydrogen (secondary N) is 1. The normalized spacial score (nSPS) is 18.5. The van der Waals surface area contributed by atoms with Crippen molar-refractivity contribution >= 4 is 17.5 Å². The minimum absolute atomic E-state index is 0.00148. The van der Waals surface area contributed by atoms with Gasteiger partial charge in [0.1, 0.15) is 11.6 Å².